The van der Waals surface area contributed by atoms with Gasteiger partial charge in [-0.25, -0.2) is 5.26 Å². The van der Waals surface area contributed by atoms with Crippen LogP contribution in [0, 0.1) is 10.7 Å². The molecule has 0 N–H and O–H groups in total. The molecule has 5 heteroatoms. The largest absolute Gasteiger partial charge is 0.696 e. The number of hydrogen-bond acceptors (Lipinski definition) is 3. The quantitative estimate of drug-likeness (QED) is 0.322. The normalized spacial score (nSPS) is 7.09. The molecule has 0 rings (SSSR count). The Bertz CT molecular complexity index is 137. The van der Waals surface area contributed by atoms with Gasteiger partial charge in [-0.2, -0.15) is 0 Å². The predicted octanol–water partition coefficient (Wildman–Crippen LogP) is 1.56. The first-order valence-electron chi connectivity index (χ1n) is 3.13. The lowest BCUT2D eigenvalue weighted by Crippen LogP contribution is -2.24. The Morgan fingerprint density at radius 2 is 1.91 bits per heavy atom. The minimum atomic E-state index is 0.690. The molecule has 11 heavy (non-hydrogen) atoms. The molecular weight excluding hydrogens is 196 g/mol. The van der Waals surface area contributed by atoms with Gasteiger partial charge in [0.1, 0.15) is 4.32 Å². The Morgan fingerprint density at radius 1 is 1.64 bits per heavy atom. The molecule has 2 nitrogen and oxygen atoms in total. The first-order chi connectivity index (χ1) is 5.13. The van der Waals surface area contributed by atoms with Crippen LogP contribution in [0.25, 0.3) is 0 Å². The topological polar surface area (TPSA) is 27.0 Å². The van der Waals surface area contributed by atoms with Crippen LogP contribution in [0.3, 0.4) is 0 Å². The molecule has 0 unspecified atom stereocenters. The third-order valence-electron chi connectivity index (χ3n) is 1.03. The minimum absolute atomic E-state index is 0.690. The number of hydrogen-bond donors (Lipinski definition) is 1. The van der Waals surface area contributed by atoms with Crippen LogP contribution in [-0.2, 0) is 12.6 Å². The summed E-state index contributed by atoms with van der Waals surface area (Å²) >= 11 is 12.5. The maximum atomic E-state index is 7.13. The molecule has 0 bridgehead atoms. The number of nitrogens with zero attached hydrogens (tertiary/aromatic N) is 2. The van der Waals surface area contributed by atoms with E-state index in [0.29, 0.717) is 4.32 Å². The second-order valence-electron chi connectivity index (χ2n) is 1.55. The Kier molecular flexibility index (Phi) is 12.2. The standard InChI is InChI=1S/C5H11NS2.CHNS/c1-3-6(4-2)5(7)8;2-1-3/h3-4H2,1-2H3,(H,7,8);3H/p-1. The highest BCUT2D eigenvalue weighted by Gasteiger charge is 1.96. The highest BCUT2D eigenvalue weighted by molar-refractivity contribution is 8.10. The molecule has 0 fully saturated rings. The lowest BCUT2D eigenvalue weighted by atomic mass is 10.6. The molecule has 64 valence electrons. The van der Waals surface area contributed by atoms with Gasteiger partial charge in [0, 0.05) is 13.1 Å². The number of nitriles is 1. The van der Waals surface area contributed by atoms with Crippen LogP contribution in [0.1, 0.15) is 13.8 Å². The summed E-state index contributed by atoms with van der Waals surface area (Å²) in [6.45, 7) is 6.04. The van der Waals surface area contributed by atoms with E-state index < -0.39 is 0 Å². The van der Waals surface area contributed by atoms with E-state index in [1.165, 1.54) is 5.40 Å². The molecular formula is C6H11N2S3-. The van der Waals surface area contributed by atoms with Crippen LogP contribution in [-0.4, -0.2) is 22.3 Å². The molecule has 0 aliphatic heterocycles. The van der Waals surface area contributed by atoms with Crippen molar-refractivity contribution >= 4 is 41.8 Å². The first kappa shape index (κ1) is 13.5. The van der Waals surface area contributed by atoms with Gasteiger partial charge in [0.25, 0.3) is 0 Å². The van der Waals surface area contributed by atoms with Gasteiger partial charge in [0.15, 0.2) is 0 Å². The monoisotopic (exact) mass is 207 g/mol. The Labute approximate surface area is 84.4 Å². The van der Waals surface area contributed by atoms with Crippen molar-refractivity contribution in [3.05, 3.63) is 0 Å². The summed E-state index contributed by atoms with van der Waals surface area (Å²) in [5, 5.41) is 8.47. The van der Waals surface area contributed by atoms with E-state index in [4.69, 9.17) is 17.5 Å². The Morgan fingerprint density at radius 3 is 1.91 bits per heavy atom. The first-order valence-corrected chi connectivity index (χ1v) is 4.39. The molecule has 0 atom stereocenters. The predicted molar refractivity (Wildman–Crippen MR) is 57.5 cm³/mol. The molecule has 0 aromatic rings. The van der Waals surface area contributed by atoms with Crippen molar-refractivity contribution in [2.45, 2.75) is 13.8 Å². The minimum Gasteiger partial charge on any atom is -0.696 e. The van der Waals surface area contributed by atoms with Crippen molar-refractivity contribution in [1.82, 2.24) is 4.90 Å². The van der Waals surface area contributed by atoms with Crippen LogP contribution >= 0.6 is 24.8 Å². The molecule has 0 amide bonds. The molecule has 0 aliphatic rings. The van der Waals surface area contributed by atoms with E-state index in [2.05, 4.69) is 39.1 Å². The summed E-state index contributed by atoms with van der Waals surface area (Å²) in [7, 11) is 0. The number of rotatable bonds is 2. The van der Waals surface area contributed by atoms with Gasteiger partial charge < -0.3 is 17.5 Å². The van der Waals surface area contributed by atoms with Crippen LogP contribution in [0.4, 0.5) is 0 Å². The summed E-state index contributed by atoms with van der Waals surface area (Å²) < 4.78 is 0.690. The molecule has 0 saturated heterocycles. The third-order valence-corrected chi connectivity index (χ3v) is 1.58. The van der Waals surface area contributed by atoms with E-state index in [1.807, 2.05) is 4.90 Å². The lowest BCUT2D eigenvalue weighted by Gasteiger charge is -2.16. The van der Waals surface area contributed by atoms with Gasteiger partial charge in [-0.1, -0.05) is 17.6 Å². The fraction of sp³-hybridized carbons (Fsp3) is 0.667. The smallest absolute Gasteiger partial charge is 0.133 e. The zero-order valence-electron chi connectivity index (χ0n) is 6.57. The molecule has 0 radical (unpaired) electrons. The second kappa shape index (κ2) is 9.95. The van der Waals surface area contributed by atoms with Crippen molar-refractivity contribution < 1.29 is 0 Å². The van der Waals surface area contributed by atoms with Crippen LogP contribution in [0.5, 0.6) is 0 Å². The summed E-state index contributed by atoms with van der Waals surface area (Å²) in [5.74, 6) is 0. The third kappa shape index (κ3) is 9.95. The van der Waals surface area contributed by atoms with E-state index in [1.54, 1.807) is 0 Å². The van der Waals surface area contributed by atoms with E-state index in [-0.39, 0.29) is 0 Å². The van der Waals surface area contributed by atoms with Crippen LogP contribution in [0.15, 0.2) is 0 Å². The summed E-state index contributed by atoms with van der Waals surface area (Å²) in [5.41, 5.74) is 0. The zero-order chi connectivity index (χ0) is 9.28. The molecule has 0 spiro atoms. The number of thiocyanates is 1. The van der Waals surface area contributed by atoms with Gasteiger partial charge in [-0.3, -0.25) is 0 Å². The maximum absolute atomic E-state index is 7.13. The van der Waals surface area contributed by atoms with Crippen molar-refractivity contribution in [2.24, 2.45) is 0 Å². The van der Waals surface area contributed by atoms with Crippen LogP contribution < -0.4 is 0 Å². The lowest BCUT2D eigenvalue weighted by molar-refractivity contribution is 0.482. The second-order valence-corrected chi connectivity index (χ2v) is 2.84. The van der Waals surface area contributed by atoms with E-state index in [0.717, 1.165) is 13.1 Å². The Hall–Kier alpha value is -0.0500. The average molecular weight is 207 g/mol. The van der Waals surface area contributed by atoms with Crippen molar-refractivity contribution in [3.8, 4) is 5.40 Å². The van der Waals surface area contributed by atoms with Gasteiger partial charge in [-0.05, 0) is 13.8 Å². The Balaban J connectivity index is 0. The van der Waals surface area contributed by atoms with Crippen LogP contribution in [0.2, 0.25) is 0 Å². The zero-order valence-corrected chi connectivity index (χ0v) is 9.10. The van der Waals surface area contributed by atoms with Crippen molar-refractivity contribution in [3.63, 3.8) is 0 Å². The average Bonchev–Trinajstić information content (AvgIpc) is 1.91. The molecule has 0 aromatic heterocycles. The summed E-state index contributed by atoms with van der Waals surface area (Å²) in [6.07, 6.45) is 0. The number of thiol groups is 1. The van der Waals surface area contributed by atoms with E-state index in [9.17, 15) is 0 Å². The summed E-state index contributed by atoms with van der Waals surface area (Å²) in [4.78, 5) is 2.01. The van der Waals surface area contributed by atoms with Gasteiger partial charge >= 0.3 is 0 Å². The fourth-order valence-electron chi connectivity index (χ4n) is 0.494. The fourth-order valence-corrected chi connectivity index (χ4v) is 1.04. The molecule has 0 aliphatic carbocycles. The van der Waals surface area contributed by atoms with E-state index >= 15 is 0 Å². The molecule has 0 heterocycles. The molecule has 0 saturated carbocycles. The maximum Gasteiger partial charge on any atom is 0.133 e. The van der Waals surface area contributed by atoms with Gasteiger partial charge in [0.05, 0.1) is 0 Å². The van der Waals surface area contributed by atoms with Gasteiger partial charge in [0.2, 0.25) is 0 Å². The summed E-state index contributed by atoms with van der Waals surface area (Å²) in [6, 6.07) is 0. The highest BCUT2D eigenvalue weighted by atomic mass is 32.1. The van der Waals surface area contributed by atoms with Crippen molar-refractivity contribution in [1.29, 1.82) is 5.26 Å². The molecule has 0 aromatic carbocycles. The SMILES string of the molecule is CCN(CC)C(=S)S.N#C[S-]. The van der Waals surface area contributed by atoms with Gasteiger partial charge in [-0.15, -0.1) is 12.6 Å². The number of thiocarbonyl (C=S) groups is 1. The highest BCUT2D eigenvalue weighted by Crippen LogP contribution is 1.93. The van der Waals surface area contributed by atoms with Crippen molar-refractivity contribution in [2.75, 3.05) is 13.1 Å².